The van der Waals surface area contributed by atoms with Crippen LogP contribution in [0.1, 0.15) is 37.6 Å². The highest BCUT2D eigenvalue weighted by atomic mass is 16.2. The molecule has 0 aliphatic carbocycles. The average molecular weight is 264 g/mol. The first-order valence-electron chi connectivity index (χ1n) is 6.18. The van der Waals surface area contributed by atoms with Gasteiger partial charge in [0.25, 0.3) is 5.91 Å². The number of primary amides is 1. The Balaban J connectivity index is 2.90. The van der Waals surface area contributed by atoms with Crippen LogP contribution in [0.4, 0.5) is 5.69 Å². The number of hydrogen-bond acceptors (Lipinski definition) is 4. The molecule has 1 heterocycles. The van der Waals surface area contributed by atoms with E-state index in [0.29, 0.717) is 11.3 Å². The van der Waals surface area contributed by atoms with E-state index < -0.39 is 11.4 Å². The van der Waals surface area contributed by atoms with E-state index in [9.17, 15) is 9.59 Å². The quantitative estimate of drug-likeness (QED) is 0.711. The van der Waals surface area contributed by atoms with Crippen molar-refractivity contribution in [1.29, 1.82) is 0 Å². The molecule has 0 unspecified atom stereocenters. The molecule has 0 bridgehead atoms. The van der Waals surface area contributed by atoms with E-state index in [1.807, 2.05) is 6.92 Å². The van der Waals surface area contributed by atoms with Crippen LogP contribution in [0, 0.1) is 0 Å². The highest BCUT2D eigenvalue weighted by molar-refractivity contribution is 6.02. The number of pyridine rings is 1. The van der Waals surface area contributed by atoms with Gasteiger partial charge in [0.1, 0.15) is 5.54 Å². The summed E-state index contributed by atoms with van der Waals surface area (Å²) in [6.45, 7) is 5.89. The number of rotatable bonds is 6. The summed E-state index contributed by atoms with van der Waals surface area (Å²) in [4.78, 5) is 27.4. The molecule has 1 aromatic heterocycles. The van der Waals surface area contributed by atoms with Crippen molar-refractivity contribution in [1.82, 2.24) is 10.3 Å². The van der Waals surface area contributed by atoms with Gasteiger partial charge in [-0.1, -0.05) is 6.92 Å². The normalized spacial score (nSPS) is 10.9. The number of nitrogens with one attached hydrogen (secondary N) is 2. The maximum absolute atomic E-state index is 12.2. The van der Waals surface area contributed by atoms with Crippen molar-refractivity contribution >= 4 is 17.5 Å². The number of aromatic nitrogens is 1. The van der Waals surface area contributed by atoms with Crippen LogP contribution in [0.15, 0.2) is 18.5 Å². The number of nitrogens with two attached hydrogens (primary N) is 1. The summed E-state index contributed by atoms with van der Waals surface area (Å²) in [6, 6.07) is 1.60. The molecule has 0 saturated carbocycles. The zero-order valence-electron chi connectivity index (χ0n) is 11.5. The highest BCUT2D eigenvalue weighted by Gasteiger charge is 2.28. The first-order valence-corrected chi connectivity index (χ1v) is 6.18. The summed E-state index contributed by atoms with van der Waals surface area (Å²) in [5.74, 6) is -0.942. The van der Waals surface area contributed by atoms with Gasteiger partial charge in [-0.3, -0.25) is 14.6 Å². The van der Waals surface area contributed by atoms with E-state index in [-0.39, 0.29) is 5.91 Å². The maximum atomic E-state index is 12.2. The summed E-state index contributed by atoms with van der Waals surface area (Å²) >= 11 is 0. The predicted octanol–water partition coefficient (Wildman–Crippen LogP) is 0.897. The van der Waals surface area contributed by atoms with E-state index in [0.717, 1.165) is 13.0 Å². The Morgan fingerprint density at radius 3 is 2.68 bits per heavy atom. The predicted molar refractivity (Wildman–Crippen MR) is 73.8 cm³/mol. The summed E-state index contributed by atoms with van der Waals surface area (Å²) in [7, 11) is 0. The van der Waals surface area contributed by atoms with Crippen LogP contribution in [-0.4, -0.2) is 28.9 Å². The van der Waals surface area contributed by atoms with Crippen molar-refractivity contribution in [3.05, 3.63) is 24.0 Å². The molecule has 0 spiro atoms. The van der Waals surface area contributed by atoms with Gasteiger partial charge in [0, 0.05) is 12.7 Å². The van der Waals surface area contributed by atoms with Gasteiger partial charge in [-0.05, 0) is 26.3 Å². The second-order valence-electron chi connectivity index (χ2n) is 4.79. The Kier molecular flexibility index (Phi) is 4.86. The molecule has 1 rings (SSSR count). The lowest BCUT2D eigenvalue weighted by Gasteiger charge is -2.23. The van der Waals surface area contributed by atoms with Crippen molar-refractivity contribution in [2.24, 2.45) is 5.73 Å². The van der Waals surface area contributed by atoms with Gasteiger partial charge in [0.2, 0.25) is 5.91 Å². The molecule has 0 atom stereocenters. The van der Waals surface area contributed by atoms with E-state index in [1.54, 1.807) is 26.1 Å². The lowest BCUT2D eigenvalue weighted by molar-refractivity contribution is -0.122. The zero-order valence-corrected chi connectivity index (χ0v) is 11.5. The Bertz CT molecular complexity index is 471. The van der Waals surface area contributed by atoms with Gasteiger partial charge < -0.3 is 16.4 Å². The smallest absolute Gasteiger partial charge is 0.254 e. The number of nitrogens with zero attached hydrogens (tertiary/aromatic N) is 1. The third-order valence-corrected chi connectivity index (χ3v) is 2.67. The lowest BCUT2D eigenvalue weighted by Crippen LogP contribution is -2.53. The van der Waals surface area contributed by atoms with Gasteiger partial charge in [0.05, 0.1) is 17.4 Å². The van der Waals surface area contributed by atoms with E-state index >= 15 is 0 Å². The molecule has 6 nitrogen and oxygen atoms in total. The molecule has 104 valence electrons. The maximum Gasteiger partial charge on any atom is 0.254 e. The van der Waals surface area contributed by atoms with Gasteiger partial charge >= 0.3 is 0 Å². The highest BCUT2D eigenvalue weighted by Crippen LogP contribution is 2.14. The van der Waals surface area contributed by atoms with Crippen molar-refractivity contribution in [3.63, 3.8) is 0 Å². The van der Waals surface area contributed by atoms with Crippen LogP contribution in [0.3, 0.4) is 0 Å². The fourth-order valence-electron chi connectivity index (χ4n) is 1.41. The van der Waals surface area contributed by atoms with Crippen LogP contribution in [-0.2, 0) is 4.79 Å². The zero-order chi connectivity index (χ0) is 14.5. The van der Waals surface area contributed by atoms with Gasteiger partial charge in [-0.25, -0.2) is 0 Å². The second kappa shape index (κ2) is 6.17. The van der Waals surface area contributed by atoms with E-state index in [1.165, 1.54) is 6.20 Å². The Labute approximate surface area is 112 Å². The van der Waals surface area contributed by atoms with Crippen LogP contribution in [0.25, 0.3) is 0 Å². The fourth-order valence-corrected chi connectivity index (χ4v) is 1.41. The molecule has 19 heavy (non-hydrogen) atoms. The van der Waals surface area contributed by atoms with Crippen LogP contribution in [0.2, 0.25) is 0 Å². The van der Waals surface area contributed by atoms with Crippen LogP contribution >= 0.6 is 0 Å². The molecule has 6 heteroatoms. The largest absolute Gasteiger partial charge is 0.383 e. The Morgan fingerprint density at radius 1 is 1.42 bits per heavy atom. The minimum atomic E-state index is -1.09. The molecule has 4 N–H and O–H groups in total. The SMILES string of the molecule is CCCNc1cnccc1C(=O)NC(C)(C)C(N)=O. The number of hydrogen-bond donors (Lipinski definition) is 3. The van der Waals surface area contributed by atoms with Crippen molar-refractivity contribution in [2.75, 3.05) is 11.9 Å². The minimum absolute atomic E-state index is 0.357. The monoisotopic (exact) mass is 264 g/mol. The standard InChI is InChI=1S/C13H20N4O2/c1-4-6-16-10-8-15-7-5-9(10)11(18)17-13(2,3)12(14)19/h5,7-8,16H,4,6H2,1-3H3,(H2,14,19)(H,17,18). The van der Waals surface area contributed by atoms with E-state index in [4.69, 9.17) is 5.73 Å². The van der Waals surface area contributed by atoms with Gasteiger partial charge in [0.15, 0.2) is 0 Å². The third-order valence-electron chi connectivity index (χ3n) is 2.67. The number of carbonyl (C=O) groups excluding carboxylic acids is 2. The molecule has 0 aromatic carbocycles. The summed E-state index contributed by atoms with van der Waals surface area (Å²) in [5.41, 5.74) is 5.22. The molecule has 0 saturated heterocycles. The molecule has 0 aliphatic heterocycles. The molecule has 2 amide bonds. The van der Waals surface area contributed by atoms with E-state index in [2.05, 4.69) is 15.6 Å². The minimum Gasteiger partial charge on any atom is -0.383 e. The van der Waals surface area contributed by atoms with Crippen molar-refractivity contribution in [2.45, 2.75) is 32.7 Å². The fraction of sp³-hybridized carbons (Fsp3) is 0.462. The number of carbonyl (C=O) groups is 2. The molecule has 0 fully saturated rings. The van der Waals surface area contributed by atoms with Crippen molar-refractivity contribution in [3.8, 4) is 0 Å². The molecular weight excluding hydrogens is 244 g/mol. The van der Waals surface area contributed by atoms with Crippen molar-refractivity contribution < 1.29 is 9.59 Å². The Morgan fingerprint density at radius 2 is 2.11 bits per heavy atom. The molecule has 0 radical (unpaired) electrons. The van der Waals surface area contributed by atoms with Crippen LogP contribution < -0.4 is 16.4 Å². The molecule has 0 aliphatic rings. The summed E-state index contributed by atoms with van der Waals surface area (Å²) in [6.07, 6.45) is 4.05. The number of anilines is 1. The first-order chi connectivity index (χ1) is 8.88. The third kappa shape index (κ3) is 3.94. The summed E-state index contributed by atoms with van der Waals surface area (Å²) in [5, 5.41) is 5.73. The summed E-state index contributed by atoms with van der Waals surface area (Å²) < 4.78 is 0. The Hall–Kier alpha value is -2.11. The lowest BCUT2D eigenvalue weighted by atomic mass is 10.0. The average Bonchev–Trinajstić information content (AvgIpc) is 2.36. The first kappa shape index (κ1) is 14.9. The van der Waals surface area contributed by atoms with Crippen LogP contribution in [0.5, 0.6) is 0 Å². The number of amides is 2. The molecular formula is C13H20N4O2. The topological polar surface area (TPSA) is 97.1 Å². The molecule has 1 aromatic rings. The van der Waals surface area contributed by atoms with Gasteiger partial charge in [-0.2, -0.15) is 0 Å². The van der Waals surface area contributed by atoms with Gasteiger partial charge in [-0.15, -0.1) is 0 Å². The second-order valence-corrected chi connectivity index (χ2v) is 4.79.